The van der Waals surface area contributed by atoms with Gasteiger partial charge >= 0.3 is 0 Å². The Kier molecular flexibility index (Phi) is 7.57. The molecular weight excluding hydrogens is 196 g/mol. The molecule has 1 N–H and O–H groups in total. The molecule has 0 heterocycles. The monoisotopic (exact) mass is 220 g/mol. The van der Waals surface area contributed by atoms with E-state index in [1.807, 2.05) is 6.92 Å². The minimum Gasteiger partial charge on any atom is -0.395 e. The first-order valence-corrected chi connectivity index (χ1v) is 4.96. The fourth-order valence-electron chi connectivity index (χ4n) is 1.56. The molecule has 3 heteroatoms. The van der Waals surface area contributed by atoms with Crippen LogP contribution in [0, 0.1) is 17.3 Å². The standard InChI is InChI=1S/C11H22O2.H2S/c1-8(2)6-9(3)10(13)11(4,5)7-12;/h8-9,12H,6-7H2,1-5H3;1H2/t9-;/m0./s1. The Morgan fingerprint density at radius 2 is 1.71 bits per heavy atom. The number of ketones is 1. The van der Waals surface area contributed by atoms with E-state index in [0.29, 0.717) is 5.92 Å². The molecule has 0 amide bonds. The number of hydrogen-bond donors (Lipinski definition) is 1. The molecule has 0 spiro atoms. The Morgan fingerprint density at radius 1 is 1.29 bits per heavy atom. The van der Waals surface area contributed by atoms with Crippen LogP contribution < -0.4 is 0 Å². The summed E-state index contributed by atoms with van der Waals surface area (Å²) in [7, 11) is 0. The molecule has 0 saturated carbocycles. The van der Waals surface area contributed by atoms with Crippen LogP contribution >= 0.6 is 13.5 Å². The van der Waals surface area contributed by atoms with Gasteiger partial charge in [-0.25, -0.2) is 0 Å². The second kappa shape index (κ2) is 6.46. The maximum absolute atomic E-state index is 11.8. The van der Waals surface area contributed by atoms with Crippen molar-refractivity contribution in [2.45, 2.75) is 41.0 Å². The molecule has 0 bridgehead atoms. The van der Waals surface area contributed by atoms with Gasteiger partial charge in [0.05, 0.1) is 6.61 Å². The number of hydrogen-bond acceptors (Lipinski definition) is 2. The van der Waals surface area contributed by atoms with Crippen LogP contribution in [0.2, 0.25) is 0 Å². The summed E-state index contributed by atoms with van der Waals surface area (Å²) in [5, 5.41) is 9.03. The van der Waals surface area contributed by atoms with Gasteiger partial charge in [0, 0.05) is 11.3 Å². The van der Waals surface area contributed by atoms with E-state index in [4.69, 9.17) is 5.11 Å². The molecule has 0 aromatic rings. The summed E-state index contributed by atoms with van der Waals surface area (Å²) in [6.07, 6.45) is 0.905. The van der Waals surface area contributed by atoms with Crippen molar-refractivity contribution >= 4 is 19.3 Å². The molecule has 0 aromatic heterocycles. The van der Waals surface area contributed by atoms with Gasteiger partial charge in [0.25, 0.3) is 0 Å². The SMILES string of the molecule is CC(C)C[C@H](C)C(=O)C(C)(C)CO.S. The molecule has 0 radical (unpaired) electrons. The van der Waals surface area contributed by atoms with Crippen LogP contribution in [0.15, 0.2) is 0 Å². The lowest BCUT2D eigenvalue weighted by Crippen LogP contribution is -2.33. The molecule has 86 valence electrons. The second-order valence-electron chi connectivity index (χ2n) is 4.94. The van der Waals surface area contributed by atoms with E-state index < -0.39 is 5.41 Å². The molecule has 0 fully saturated rings. The van der Waals surface area contributed by atoms with Crippen LogP contribution in [-0.2, 0) is 4.79 Å². The van der Waals surface area contributed by atoms with Crippen molar-refractivity contribution in [3.8, 4) is 0 Å². The maximum atomic E-state index is 11.8. The summed E-state index contributed by atoms with van der Waals surface area (Å²) >= 11 is 0. The van der Waals surface area contributed by atoms with E-state index in [1.54, 1.807) is 13.8 Å². The van der Waals surface area contributed by atoms with Crippen LogP contribution in [-0.4, -0.2) is 17.5 Å². The molecular formula is C11H24O2S. The zero-order valence-electron chi connectivity index (χ0n) is 9.92. The zero-order chi connectivity index (χ0) is 10.6. The molecule has 2 nitrogen and oxygen atoms in total. The lowest BCUT2D eigenvalue weighted by atomic mass is 9.80. The third-order valence-corrected chi connectivity index (χ3v) is 2.33. The van der Waals surface area contributed by atoms with Crippen molar-refractivity contribution in [3.63, 3.8) is 0 Å². The smallest absolute Gasteiger partial charge is 0.143 e. The highest BCUT2D eigenvalue weighted by atomic mass is 32.1. The summed E-state index contributed by atoms with van der Waals surface area (Å²) in [5.41, 5.74) is -0.575. The van der Waals surface area contributed by atoms with Gasteiger partial charge < -0.3 is 5.11 Å². The normalized spacial score (nSPS) is 13.6. The Balaban J connectivity index is 0. The van der Waals surface area contributed by atoms with Crippen LogP contribution in [0.4, 0.5) is 0 Å². The average Bonchev–Trinajstić information content (AvgIpc) is 2.01. The zero-order valence-corrected chi connectivity index (χ0v) is 10.9. The fraction of sp³-hybridized carbons (Fsp3) is 0.909. The first-order chi connectivity index (χ1) is 5.81. The van der Waals surface area contributed by atoms with Gasteiger partial charge in [-0.3, -0.25) is 4.79 Å². The van der Waals surface area contributed by atoms with Gasteiger partial charge in [-0.1, -0.05) is 34.6 Å². The van der Waals surface area contributed by atoms with Crippen molar-refractivity contribution in [2.24, 2.45) is 17.3 Å². The van der Waals surface area contributed by atoms with Crippen molar-refractivity contribution in [1.29, 1.82) is 0 Å². The summed E-state index contributed by atoms with van der Waals surface area (Å²) < 4.78 is 0. The Hall–Kier alpha value is -0.0200. The van der Waals surface area contributed by atoms with Crippen LogP contribution in [0.5, 0.6) is 0 Å². The minimum absolute atomic E-state index is 0. The highest BCUT2D eigenvalue weighted by Gasteiger charge is 2.30. The van der Waals surface area contributed by atoms with E-state index >= 15 is 0 Å². The Morgan fingerprint density at radius 3 is 2.00 bits per heavy atom. The first kappa shape index (κ1) is 16.4. The van der Waals surface area contributed by atoms with E-state index in [9.17, 15) is 4.79 Å². The summed E-state index contributed by atoms with van der Waals surface area (Å²) in [6, 6.07) is 0. The topological polar surface area (TPSA) is 37.3 Å². The van der Waals surface area contributed by atoms with Gasteiger partial charge in [0.2, 0.25) is 0 Å². The molecule has 0 aliphatic rings. The second-order valence-corrected chi connectivity index (χ2v) is 4.94. The van der Waals surface area contributed by atoms with Gasteiger partial charge in [0.15, 0.2) is 0 Å². The highest BCUT2D eigenvalue weighted by Crippen LogP contribution is 2.24. The molecule has 0 rings (SSSR count). The van der Waals surface area contributed by atoms with Gasteiger partial charge in [-0.05, 0) is 12.3 Å². The van der Waals surface area contributed by atoms with Crippen molar-refractivity contribution in [1.82, 2.24) is 0 Å². The summed E-state index contributed by atoms with van der Waals surface area (Å²) in [6.45, 7) is 9.69. The Bertz CT molecular complexity index is 176. The van der Waals surface area contributed by atoms with Gasteiger partial charge in [-0.15, -0.1) is 0 Å². The fourth-order valence-corrected chi connectivity index (χ4v) is 1.56. The third kappa shape index (κ3) is 5.01. The van der Waals surface area contributed by atoms with E-state index in [2.05, 4.69) is 13.8 Å². The van der Waals surface area contributed by atoms with Crippen molar-refractivity contribution in [3.05, 3.63) is 0 Å². The summed E-state index contributed by atoms with van der Waals surface area (Å²) in [5.74, 6) is 0.763. The average molecular weight is 220 g/mol. The minimum atomic E-state index is -0.575. The van der Waals surface area contributed by atoms with Crippen LogP contribution in [0.3, 0.4) is 0 Å². The lowest BCUT2D eigenvalue weighted by Gasteiger charge is -2.25. The number of carbonyl (C=O) groups is 1. The molecule has 0 aliphatic heterocycles. The van der Waals surface area contributed by atoms with E-state index in [0.717, 1.165) is 6.42 Å². The van der Waals surface area contributed by atoms with Crippen molar-refractivity contribution < 1.29 is 9.90 Å². The number of Topliss-reactive ketones (excluding diaryl/α,β-unsaturated/α-hetero) is 1. The van der Waals surface area contributed by atoms with E-state index in [1.165, 1.54) is 0 Å². The highest BCUT2D eigenvalue weighted by molar-refractivity contribution is 7.59. The van der Waals surface area contributed by atoms with Crippen LogP contribution in [0.25, 0.3) is 0 Å². The maximum Gasteiger partial charge on any atom is 0.143 e. The predicted molar refractivity (Wildman–Crippen MR) is 64.9 cm³/mol. The lowest BCUT2D eigenvalue weighted by molar-refractivity contribution is -0.133. The van der Waals surface area contributed by atoms with E-state index in [-0.39, 0.29) is 31.8 Å². The molecule has 0 aliphatic carbocycles. The number of aliphatic hydroxyl groups excluding tert-OH is 1. The summed E-state index contributed by atoms with van der Waals surface area (Å²) in [4.78, 5) is 11.8. The molecule has 0 aromatic carbocycles. The quantitative estimate of drug-likeness (QED) is 0.772. The van der Waals surface area contributed by atoms with Gasteiger partial charge in [-0.2, -0.15) is 13.5 Å². The number of rotatable bonds is 5. The molecule has 14 heavy (non-hydrogen) atoms. The molecule has 1 atom stereocenters. The largest absolute Gasteiger partial charge is 0.395 e. The predicted octanol–water partition coefficient (Wildman–Crippen LogP) is 2.37. The third-order valence-electron chi connectivity index (χ3n) is 2.33. The van der Waals surface area contributed by atoms with Crippen LogP contribution in [0.1, 0.15) is 41.0 Å². The number of carbonyl (C=O) groups excluding carboxylic acids is 1. The number of aliphatic hydroxyl groups is 1. The van der Waals surface area contributed by atoms with Gasteiger partial charge in [0.1, 0.15) is 5.78 Å². The molecule has 0 saturated heterocycles. The molecule has 0 unspecified atom stereocenters. The Labute approximate surface area is 94.5 Å². The van der Waals surface area contributed by atoms with Crippen molar-refractivity contribution in [2.75, 3.05) is 6.61 Å². The first-order valence-electron chi connectivity index (χ1n) is 4.96.